The number of para-hydroxylation sites is 1. The predicted octanol–water partition coefficient (Wildman–Crippen LogP) is 4.88. The third-order valence-electron chi connectivity index (χ3n) is 5.34. The molecule has 0 amide bonds. The van der Waals surface area contributed by atoms with E-state index in [2.05, 4.69) is 15.6 Å². The second kappa shape index (κ2) is 10.5. The Hall–Kier alpha value is -1.19. The van der Waals surface area contributed by atoms with E-state index < -0.39 is 12.1 Å². The molecule has 1 aromatic carbocycles. The number of nitrogens with zero attached hydrogens (tertiary/aromatic N) is 1. The van der Waals surface area contributed by atoms with Crippen LogP contribution < -0.4 is 15.4 Å². The second-order valence-corrected chi connectivity index (χ2v) is 7.52. The van der Waals surface area contributed by atoms with Crippen LogP contribution in [-0.4, -0.2) is 31.8 Å². The largest absolute Gasteiger partial charge is 0.493 e. The van der Waals surface area contributed by atoms with E-state index in [1.165, 1.54) is 12.8 Å². The highest BCUT2D eigenvalue weighted by molar-refractivity contribution is 14.0. The first-order valence-electron chi connectivity index (χ1n) is 9.70. The van der Waals surface area contributed by atoms with Crippen molar-refractivity contribution in [2.75, 3.05) is 13.7 Å². The van der Waals surface area contributed by atoms with Gasteiger partial charge in [-0.05, 0) is 50.5 Å². The van der Waals surface area contributed by atoms with Crippen LogP contribution in [0.3, 0.4) is 0 Å². The first-order valence-corrected chi connectivity index (χ1v) is 9.70. The van der Waals surface area contributed by atoms with Gasteiger partial charge in [0.2, 0.25) is 0 Å². The van der Waals surface area contributed by atoms with E-state index in [1.54, 1.807) is 7.05 Å². The number of hydrogen-bond donors (Lipinski definition) is 2. The average Bonchev–Trinajstić information content (AvgIpc) is 3.48. The fraction of sp³-hybridized carbons (Fsp3) is 0.650. The van der Waals surface area contributed by atoms with Crippen LogP contribution in [0.15, 0.2) is 29.3 Å². The van der Waals surface area contributed by atoms with E-state index >= 15 is 0 Å². The molecule has 0 unspecified atom stereocenters. The van der Waals surface area contributed by atoms with Crippen LogP contribution in [0.2, 0.25) is 0 Å². The summed E-state index contributed by atoms with van der Waals surface area (Å²) in [5.41, 5.74) is 1.04. The fourth-order valence-electron chi connectivity index (χ4n) is 3.41. The number of alkyl halides is 3. The van der Waals surface area contributed by atoms with Crippen LogP contribution in [0.5, 0.6) is 5.75 Å². The zero-order valence-electron chi connectivity index (χ0n) is 16.1. The van der Waals surface area contributed by atoms with Gasteiger partial charge in [-0.3, -0.25) is 4.99 Å². The lowest BCUT2D eigenvalue weighted by atomic mass is 9.85. The fourth-order valence-corrected chi connectivity index (χ4v) is 3.41. The van der Waals surface area contributed by atoms with Crippen molar-refractivity contribution >= 4 is 29.9 Å². The molecule has 2 saturated carbocycles. The molecule has 2 aliphatic carbocycles. The van der Waals surface area contributed by atoms with Crippen molar-refractivity contribution in [1.82, 2.24) is 10.6 Å². The summed E-state index contributed by atoms with van der Waals surface area (Å²) in [7, 11) is 1.67. The van der Waals surface area contributed by atoms with Crippen molar-refractivity contribution in [3.63, 3.8) is 0 Å². The molecular formula is C20H29F3IN3O. The minimum absolute atomic E-state index is 0. The van der Waals surface area contributed by atoms with Gasteiger partial charge in [0.1, 0.15) is 5.75 Å². The van der Waals surface area contributed by atoms with E-state index in [-0.39, 0.29) is 42.9 Å². The van der Waals surface area contributed by atoms with Crippen molar-refractivity contribution in [3.8, 4) is 5.75 Å². The van der Waals surface area contributed by atoms with Gasteiger partial charge in [0.05, 0.1) is 12.5 Å². The molecule has 0 heterocycles. The van der Waals surface area contributed by atoms with E-state index in [4.69, 9.17) is 4.74 Å². The quantitative estimate of drug-likeness (QED) is 0.325. The zero-order valence-corrected chi connectivity index (χ0v) is 18.4. The third kappa shape index (κ3) is 7.00. The molecule has 28 heavy (non-hydrogen) atoms. The molecular weight excluding hydrogens is 482 g/mol. The minimum atomic E-state index is -4.07. The third-order valence-corrected chi connectivity index (χ3v) is 5.34. The van der Waals surface area contributed by atoms with Gasteiger partial charge in [0.15, 0.2) is 5.96 Å². The summed E-state index contributed by atoms with van der Waals surface area (Å²) in [4.78, 5) is 4.21. The molecule has 0 bridgehead atoms. The number of hydrogen-bond acceptors (Lipinski definition) is 2. The molecule has 8 heteroatoms. The zero-order chi connectivity index (χ0) is 19.3. The molecule has 0 radical (unpaired) electrons. The standard InChI is InChI=1S/C20H28F3N3O.HI/c1-24-19(26-17-10-8-16(9-11-17)20(21,22)23)25-12-15-4-2-3-5-18(15)27-13-14-6-7-14;/h2-5,14,16-17H,6-13H2,1H3,(H2,24,25,26);1H. The lowest BCUT2D eigenvalue weighted by molar-refractivity contribution is -0.182. The maximum atomic E-state index is 12.8. The van der Waals surface area contributed by atoms with Crippen molar-refractivity contribution in [2.24, 2.45) is 16.8 Å². The first-order chi connectivity index (χ1) is 13.0. The van der Waals surface area contributed by atoms with Crippen molar-refractivity contribution in [2.45, 2.75) is 57.3 Å². The predicted molar refractivity (Wildman–Crippen MR) is 115 cm³/mol. The Balaban J connectivity index is 0.00000280. The molecule has 0 atom stereocenters. The number of guanidine groups is 1. The summed E-state index contributed by atoms with van der Waals surface area (Å²) in [6.07, 6.45) is -0.222. The van der Waals surface area contributed by atoms with Gasteiger partial charge in [-0.2, -0.15) is 13.2 Å². The van der Waals surface area contributed by atoms with Gasteiger partial charge in [0, 0.05) is 25.2 Å². The number of nitrogens with one attached hydrogen (secondary N) is 2. The van der Waals surface area contributed by atoms with Crippen LogP contribution >= 0.6 is 24.0 Å². The number of rotatable bonds is 6. The summed E-state index contributed by atoms with van der Waals surface area (Å²) in [6.45, 7) is 1.31. The molecule has 2 N–H and O–H groups in total. The minimum Gasteiger partial charge on any atom is -0.493 e. The van der Waals surface area contributed by atoms with Crippen molar-refractivity contribution < 1.29 is 17.9 Å². The molecule has 0 saturated heterocycles. The number of ether oxygens (including phenoxy) is 1. The Labute approximate surface area is 181 Å². The van der Waals surface area contributed by atoms with E-state index in [1.807, 2.05) is 24.3 Å². The summed E-state index contributed by atoms with van der Waals surface area (Å²) in [5.74, 6) is 1.01. The Morgan fingerprint density at radius 1 is 1.11 bits per heavy atom. The van der Waals surface area contributed by atoms with Gasteiger partial charge >= 0.3 is 6.18 Å². The molecule has 158 valence electrons. The molecule has 0 aromatic heterocycles. The van der Waals surface area contributed by atoms with Crippen LogP contribution in [0, 0.1) is 11.8 Å². The Morgan fingerprint density at radius 3 is 2.39 bits per heavy atom. The Kier molecular flexibility index (Phi) is 8.70. The van der Waals surface area contributed by atoms with E-state index in [9.17, 15) is 13.2 Å². The number of halogens is 4. The van der Waals surface area contributed by atoms with E-state index in [0.717, 1.165) is 17.9 Å². The Morgan fingerprint density at radius 2 is 1.79 bits per heavy atom. The molecule has 0 spiro atoms. The number of benzene rings is 1. The molecule has 1 aromatic rings. The molecule has 2 aliphatic rings. The smallest absolute Gasteiger partial charge is 0.391 e. The summed E-state index contributed by atoms with van der Waals surface area (Å²) in [5, 5.41) is 6.51. The van der Waals surface area contributed by atoms with Crippen molar-refractivity contribution in [3.05, 3.63) is 29.8 Å². The normalized spacial score (nSPS) is 22.9. The molecule has 3 rings (SSSR count). The van der Waals surface area contributed by atoms with Gasteiger partial charge < -0.3 is 15.4 Å². The molecule has 2 fully saturated rings. The van der Waals surface area contributed by atoms with Gasteiger partial charge in [-0.1, -0.05) is 18.2 Å². The van der Waals surface area contributed by atoms with E-state index in [0.29, 0.717) is 31.3 Å². The van der Waals surface area contributed by atoms with Crippen LogP contribution in [0.25, 0.3) is 0 Å². The second-order valence-electron chi connectivity index (χ2n) is 7.52. The number of aliphatic imine (C=N–C) groups is 1. The van der Waals surface area contributed by atoms with Crippen molar-refractivity contribution in [1.29, 1.82) is 0 Å². The summed E-state index contributed by atoms with van der Waals surface area (Å²) in [6, 6.07) is 7.93. The first kappa shape index (κ1) is 23.1. The summed E-state index contributed by atoms with van der Waals surface area (Å²) >= 11 is 0. The SMILES string of the molecule is CN=C(NCc1ccccc1OCC1CC1)NC1CCC(C(F)(F)F)CC1.I. The summed E-state index contributed by atoms with van der Waals surface area (Å²) < 4.78 is 44.3. The molecule has 0 aliphatic heterocycles. The lowest BCUT2D eigenvalue weighted by Crippen LogP contribution is -2.45. The highest BCUT2D eigenvalue weighted by atomic mass is 127. The maximum absolute atomic E-state index is 12.8. The van der Waals surface area contributed by atoms with Gasteiger partial charge in [-0.25, -0.2) is 0 Å². The van der Waals surface area contributed by atoms with Crippen LogP contribution in [0.4, 0.5) is 13.2 Å². The van der Waals surface area contributed by atoms with Crippen LogP contribution in [-0.2, 0) is 6.54 Å². The maximum Gasteiger partial charge on any atom is 0.391 e. The average molecular weight is 511 g/mol. The highest BCUT2D eigenvalue weighted by Gasteiger charge is 2.41. The monoisotopic (exact) mass is 511 g/mol. The Bertz CT molecular complexity index is 642. The topological polar surface area (TPSA) is 45.7 Å². The highest BCUT2D eigenvalue weighted by Crippen LogP contribution is 2.37. The van der Waals surface area contributed by atoms with Gasteiger partial charge in [0.25, 0.3) is 0 Å². The van der Waals surface area contributed by atoms with Crippen LogP contribution in [0.1, 0.15) is 44.1 Å². The van der Waals surface area contributed by atoms with Gasteiger partial charge in [-0.15, -0.1) is 24.0 Å². The molecule has 4 nitrogen and oxygen atoms in total. The lowest BCUT2D eigenvalue weighted by Gasteiger charge is -2.31.